The summed E-state index contributed by atoms with van der Waals surface area (Å²) in [7, 11) is 0. The van der Waals surface area contributed by atoms with E-state index in [9.17, 15) is 28.8 Å². The number of rotatable bonds is 13. The second-order valence-electron chi connectivity index (χ2n) is 15.1. The molecule has 1 aliphatic carbocycles. The third-order valence-electron chi connectivity index (χ3n) is 9.88. The Labute approximate surface area is 268 Å². The van der Waals surface area contributed by atoms with Gasteiger partial charge in [0.05, 0.1) is 12.1 Å². The molecule has 2 heterocycles. The van der Waals surface area contributed by atoms with E-state index in [1.165, 1.54) is 4.90 Å². The molecule has 0 aromatic carbocycles. The van der Waals surface area contributed by atoms with Crippen molar-refractivity contribution in [2.24, 2.45) is 34.8 Å². The maximum Gasteiger partial charge on any atom is 0.315 e. The number of ketones is 1. The highest BCUT2D eigenvalue weighted by Crippen LogP contribution is 2.33. The molecule has 3 rings (SSSR count). The van der Waals surface area contributed by atoms with Crippen LogP contribution in [0.4, 0.5) is 4.79 Å². The lowest BCUT2D eigenvalue weighted by Gasteiger charge is -2.37. The van der Waals surface area contributed by atoms with E-state index in [4.69, 9.17) is 5.73 Å². The van der Waals surface area contributed by atoms with Gasteiger partial charge in [0.15, 0.2) is 0 Å². The Morgan fingerprint density at radius 3 is 2.13 bits per heavy atom. The van der Waals surface area contributed by atoms with E-state index in [0.717, 1.165) is 32.1 Å². The zero-order chi connectivity index (χ0) is 33.6. The van der Waals surface area contributed by atoms with Crippen molar-refractivity contribution in [1.82, 2.24) is 25.8 Å². The molecule has 0 spiro atoms. The van der Waals surface area contributed by atoms with Gasteiger partial charge in [-0.25, -0.2) is 4.79 Å². The number of amides is 6. The van der Waals surface area contributed by atoms with Crippen LogP contribution < -0.4 is 21.7 Å². The van der Waals surface area contributed by atoms with E-state index >= 15 is 0 Å². The van der Waals surface area contributed by atoms with Crippen molar-refractivity contribution in [3.05, 3.63) is 0 Å². The van der Waals surface area contributed by atoms with Gasteiger partial charge in [-0.2, -0.15) is 0 Å². The summed E-state index contributed by atoms with van der Waals surface area (Å²) in [5.74, 6) is -2.22. The van der Waals surface area contributed by atoms with E-state index in [1.54, 1.807) is 4.90 Å². The van der Waals surface area contributed by atoms with Crippen LogP contribution in [0.5, 0.6) is 0 Å². The first kappa shape index (κ1) is 36.3. The number of hydrogen-bond donors (Lipinski definition) is 4. The van der Waals surface area contributed by atoms with Gasteiger partial charge in [-0.05, 0) is 54.8 Å². The number of hydrogen-bond acceptors (Lipinski definition) is 6. The van der Waals surface area contributed by atoms with Crippen molar-refractivity contribution in [3.63, 3.8) is 0 Å². The van der Waals surface area contributed by atoms with Crippen LogP contribution in [0.1, 0.15) is 99.8 Å². The van der Waals surface area contributed by atoms with Crippen LogP contribution in [-0.4, -0.2) is 89.0 Å². The molecule has 2 saturated heterocycles. The second kappa shape index (κ2) is 15.4. The normalized spacial score (nSPS) is 22.9. The van der Waals surface area contributed by atoms with Crippen LogP contribution in [-0.2, 0) is 24.0 Å². The number of primary amides is 1. The van der Waals surface area contributed by atoms with E-state index in [0.29, 0.717) is 38.9 Å². The lowest BCUT2D eigenvalue weighted by molar-refractivity contribution is -0.143. The fourth-order valence-corrected chi connectivity index (χ4v) is 6.45. The zero-order valence-electron chi connectivity index (χ0n) is 28.3. The molecule has 6 amide bonds. The third kappa shape index (κ3) is 9.66. The number of nitrogens with one attached hydrogen (secondary N) is 3. The van der Waals surface area contributed by atoms with Gasteiger partial charge in [0.2, 0.25) is 23.5 Å². The highest BCUT2D eigenvalue weighted by Gasteiger charge is 2.46. The molecule has 3 fully saturated rings. The van der Waals surface area contributed by atoms with E-state index in [-0.39, 0.29) is 41.5 Å². The summed E-state index contributed by atoms with van der Waals surface area (Å²) in [6.45, 7) is 15.0. The molecule has 0 aromatic heterocycles. The van der Waals surface area contributed by atoms with Crippen LogP contribution in [0.2, 0.25) is 0 Å². The average molecular weight is 633 g/mol. The molecule has 0 aromatic rings. The van der Waals surface area contributed by atoms with Crippen molar-refractivity contribution in [2.45, 2.75) is 124 Å². The molecule has 254 valence electrons. The SMILES string of the molecule is CC(C)C1CC(C(=O)NC(CC2CCC2)C(=O)C(N)=O)N(C(=O)[C@@H](NC(=O)NC(CN2CCCCC2=O)C(C)C)C(C)(C)C)C1. The molecule has 5 N–H and O–H groups in total. The second-order valence-corrected chi connectivity index (χ2v) is 15.1. The molecule has 0 radical (unpaired) electrons. The fraction of sp³-hybridized carbons (Fsp3) is 0.818. The minimum atomic E-state index is -1.09. The summed E-state index contributed by atoms with van der Waals surface area (Å²) >= 11 is 0. The van der Waals surface area contributed by atoms with Gasteiger partial charge in [0, 0.05) is 26.1 Å². The Morgan fingerprint density at radius 2 is 1.62 bits per heavy atom. The monoisotopic (exact) mass is 632 g/mol. The lowest BCUT2D eigenvalue weighted by atomic mass is 9.80. The molecule has 45 heavy (non-hydrogen) atoms. The maximum atomic E-state index is 14.3. The first-order chi connectivity index (χ1) is 21.0. The van der Waals surface area contributed by atoms with Crippen molar-refractivity contribution in [3.8, 4) is 0 Å². The van der Waals surface area contributed by atoms with E-state index < -0.39 is 47.2 Å². The summed E-state index contributed by atoms with van der Waals surface area (Å²) in [4.78, 5) is 81.6. The van der Waals surface area contributed by atoms with Gasteiger partial charge in [-0.3, -0.25) is 24.0 Å². The Kier molecular flexibility index (Phi) is 12.4. The molecule has 5 atom stereocenters. The third-order valence-corrected chi connectivity index (χ3v) is 9.88. The first-order valence-corrected chi connectivity index (χ1v) is 16.8. The van der Waals surface area contributed by atoms with Crippen LogP contribution in [0.25, 0.3) is 0 Å². The molecule has 3 aliphatic rings. The molecule has 12 heteroatoms. The van der Waals surface area contributed by atoms with Gasteiger partial charge in [0.1, 0.15) is 12.1 Å². The van der Waals surface area contributed by atoms with Crippen molar-refractivity contribution < 1.29 is 28.8 Å². The fourth-order valence-electron chi connectivity index (χ4n) is 6.45. The summed E-state index contributed by atoms with van der Waals surface area (Å²) in [5.41, 5.74) is 4.62. The number of Topliss-reactive ketones (excluding diaryl/α,β-unsaturated/α-hetero) is 1. The Hall–Kier alpha value is -3.18. The van der Waals surface area contributed by atoms with Crippen molar-refractivity contribution >= 4 is 35.4 Å². The van der Waals surface area contributed by atoms with Crippen LogP contribution in [0.15, 0.2) is 0 Å². The van der Waals surface area contributed by atoms with E-state index in [2.05, 4.69) is 16.0 Å². The Balaban J connectivity index is 1.78. The first-order valence-electron chi connectivity index (χ1n) is 16.8. The van der Waals surface area contributed by atoms with E-state index in [1.807, 2.05) is 48.5 Å². The minimum absolute atomic E-state index is 0.0310. The summed E-state index contributed by atoms with van der Waals surface area (Å²) in [6, 6.07) is -3.68. The van der Waals surface area contributed by atoms with Crippen LogP contribution in [0.3, 0.4) is 0 Å². The molecular weight excluding hydrogens is 576 g/mol. The van der Waals surface area contributed by atoms with Crippen molar-refractivity contribution in [2.75, 3.05) is 19.6 Å². The maximum absolute atomic E-state index is 14.3. The molecule has 4 unspecified atom stereocenters. The summed E-state index contributed by atoms with van der Waals surface area (Å²) < 4.78 is 0. The highest BCUT2D eigenvalue weighted by atomic mass is 16.2. The number of piperidine rings is 1. The zero-order valence-corrected chi connectivity index (χ0v) is 28.3. The van der Waals surface area contributed by atoms with Crippen LogP contribution in [0, 0.1) is 29.1 Å². The minimum Gasteiger partial charge on any atom is -0.363 e. The predicted molar refractivity (Wildman–Crippen MR) is 171 cm³/mol. The number of urea groups is 1. The number of nitrogens with two attached hydrogens (primary N) is 1. The van der Waals surface area contributed by atoms with Gasteiger partial charge >= 0.3 is 6.03 Å². The number of nitrogens with zero attached hydrogens (tertiary/aromatic N) is 2. The number of carbonyl (C=O) groups excluding carboxylic acids is 6. The highest BCUT2D eigenvalue weighted by molar-refractivity contribution is 6.37. The molecule has 0 bridgehead atoms. The predicted octanol–water partition coefficient (Wildman–Crippen LogP) is 2.34. The molecular formula is C33H56N6O6. The molecule has 1 saturated carbocycles. The van der Waals surface area contributed by atoms with Gasteiger partial charge in [0.25, 0.3) is 5.91 Å². The van der Waals surface area contributed by atoms with Crippen molar-refractivity contribution in [1.29, 1.82) is 0 Å². The quantitative estimate of drug-likeness (QED) is 0.227. The number of carbonyl (C=O) groups is 6. The topological polar surface area (TPSA) is 171 Å². The standard InChI is InChI=1S/C33H56N6O6/c1-19(2)22-16-25(30(43)35-23(27(41)29(34)42)15-21-11-10-12-21)39(17-22)31(44)28(33(5,6)7)37-32(45)36-24(20(3)4)18-38-14-9-8-13-26(38)40/h19-25,28H,8-18H2,1-7H3,(H2,34,42)(H,35,43)(H2,36,37,45)/t22?,23?,24?,25?,28-/m1/s1. The average Bonchev–Trinajstić information content (AvgIpc) is 3.38. The summed E-state index contributed by atoms with van der Waals surface area (Å²) in [6.07, 6.45) is 5.96. The van der Waals surface area contributed by atoms with Gasteiger partial charge in [-0.15, -0.1) is 0 Å². The lowest BCUT2D eigenvalue weighted by Crippen LogP contribution is -2.61. The molecule has 12 nitrogen and oxygen atoms in total. The number of likely N-dealkylation sites (tertiary alicyclic amines) is 2. The van der Waals surface area contributed by atoms with Gasteiger partial charge in [-0.1, -0.05) is 67.7 Å². The Morgan fingerprint density at radius 1 is 0.956 bits per heavy atom. The largest absolute Gasteiger partial charge is 0.363 e. The smallest absolute Gasteiger partial charge is 0.315 e. The molecule has 2 aliphatic heterocycles. The summed E-state index contributed by atoms with van der Waals surface area (Å²) in [5, 5.41) is 8.66. The van der Waals surface area contributed by atoms with Gasteiger partial charge < -0.3 is 31.5 Å². The van der Waals surface area contributed by atoms with Crippen LogP contribution >= 0.6 is 0 Å². The Bertz CT molecular complexity index is 1110.